The Morgan fingerprint density at radius 2 is 2.21 bits per heavy atom. The Bertz CT molecular complexity index is 406. The molecule has 1 atom stereocenters. The summed E-state index contributed by atoms with van der Waals surface area (Å²) in [6.07, 6.45) is -2.43. The van der Waals surface area contributed by atoms with Gasteiger partial charge in [0.25, 0.3) is 0 Å². The van der Waals surface area contributed by atoms with E-state index >= 15 is 0 Å². The number of rotatable bonds is 5. The van der Waals surface area contributed by atoms with E-state index in [9.17, 15) is 13.2 Å². The summed E-state index contributed by atoms with van der Waals surface area (Å²) in [6, 6.07) is 0.227. The number of nitrogens with one attached hydrogen (secondary N) is 1. The first kappa shape index (κ1) is 14.5. The summed E-state index contributed by atoms with van der Waals surface area (Å²) in [7, 11) is 0. The van der Waals surface area contributed by atoms with Crippen LogP contribution in [0.4, 0.5) is 18.3 Å². The van der Waals surface area contributed by atoms with Crippen molar-refractivity contribution < 1.29 is 18.3 Å². The van der Waals surface area contributed by atoms with Gasteiger partial charge in [-0.05, 0) is 19.4 Å². The molecule has 1 aromatic heterocycles. The van der Waals surface area contributed by atoms with Crippen LogP contribution in [0.1, 0.15) is 17.8 Å². The number of alkyl halides is 3. The van der Waals surface area contributed by atoms with Gasteiger partial charge in [-0.3, -0.25) is 0 Å². The molecule has 0 spiro atoms. The highest BCUT2D eigenvalue weighted by atomic mass is 32.1. The largest absolute Gasteiger partial charge is 0.445 e. The zero-order valence-corrected chi connectivity index (χ0v) is 11.0. The second kappa shape index (κ2) is 6.02. The monoisotopic (exact) mass is 296 g/mol. The van der Waals surface area contributed by atoms with Crippen molar-refractivity contribution in [2.24, 2.45) is 0 Å². The lowest BCUT2D eigenvalue weighted by molar-refractivity contribution is -0.138. The molecule has 9 heteroatoms. The van der Waals surface area contributed by atoms with E-state index in [1.807, 2.05) is 0 Å². The number of nitrogens with zero attached hydrogens (tertiary/aromatic N) is 3. The SMILES string of the molecule is OCCN(CC1CCCN1)c1nnc(C(F)(F)F)s1. The first-order valence-corrected chi connectivity index (χ1v) is 6.82. The van der Waals surface area contributed by atoms with E-state index in [1.165, 1.54) is 0 Å². The van der Waals surface area contributed by atoms with Crippen LogP contribution in [0, 0.1) is 0 Å². The van der Waals surface area contributed by atoms with Gasteiger partial charge in [0.15, 0.2) is 0 Å². The Morgan fingerprint density at radius 1 is 1.42 bits per heavy atom. The van der Waals surface area contributed by atoms with E-state index in [0.29, 0.717) is 17.9 Å². The minimum Gasteiger partial charge on any atom is -0.395 e. The van der Waals surface area contributed by atoms with Gasteiger partial charge in [0.2, 0.25) is 10.1 Å². The Labute approximate surface area is 112 Å². The molecule has 1 aliphatic heterocycles. The number of halogens is 3. The van der Waals surface area contributed by atoms with E-state index in [1.54, 1.807) is 4.90 Å². The van der Waals surface area contributed by atoms with Crippen LogP contribution in [-0.4, -0.2) is 47.6 Å². The molecule has 0 saturated carbocycles. The fourth-order valence-corrected chi connectivity index (χ4v) is 2.77. The summed E-state index contributed by atoms with van der Waals surface area (Å²) in [5.74, 6) is 0. The molecule has 0 aromatic carbocycles. The number of aliphatic hydroxyl groups is 1. The lowest BCUT2D eigenvalue weighted by atomic mass is 10.2. The van der Waals surface area contributed by atoms with Gasteiger partial charge in [0, 0.05) is 19.1 Å². The molecule has 1 fully saturated rings. The maximum atomic E-state index is 12.5. The predicted octanol–water partition coefficient (Wildman–Crippen LogP) is 1.11. The Hall–Kier alpha value is -0.930. The van der Waals surface area contributed by atoms with Gasteiger partial charge in [-0.1, -0.05) is 11.3 Å². The van der Waals surface area contributed by atoms with Crippen molar-refractivity contribution in [1.82, 2.24) is 15.5 Å². The van der Waals surface area contributed by atoms with E-state index < -0.39 is 11.2 Å². The molecule has 1 aliphatic rings. The molecule has 1 aromatic rings. The van der Waals surface area contributed by atoms with Crippen molar-refractivity contribution in [2.75, 3.05) is 31.1 Å². The Morgan fingerprint density at radius 3 is 2.74 bits per heavy atom. The summed E-state index contributed by atoms with van der Waals surface area (Å²) in [6.45, 7) is 1.58. The molecule has 5 nitrogen and oxygen atoms in total. The molecule has 0 radical (unpaired) electrons. The maximum absolute atomic E-state index is 12.5. The zero-order chi connectivity index (χ0) is 13.9. The average molecular weight is 296 g/mol. The van der Waals surface area contributed by atoms with Crippen LogP contribution >= 0.6 is 11.3 Å². The number of hydrogen-bond donors (Lipinski definition) is 2. The summed E-state index contributed by atoms with van der Waals surface area (Å²) < 4.78 is 37.4. The number of hydrogen-bond acceptors (Lipinski definition) is 6. The fourth-order valence-electron chi connectivity index (χ4n) is 2.02. The maximum Gasteiger partial charge on any atom is 0.445 e. The molecular weight excluding hydrogens is 281 g/mol. The first-order chi connectivity index (χ1) is 9.00. The van der Waals surface area contributed by atoms with E-state index in [4.69, 9.17) is 5.11 Å². The summed E-state index contributed by atoms with van der Waals surface area (Å²) in [5.41, 5.74) is 0. The van der Waals surface area contributed by atoms with Gasteiger partial charge < -0.3 is 15.3 Å². The average Bonchev–Trinajstić information content (AvgIpc) is 2.98. The first-order valence-electron chi connectivity index (χ1n) is 6.00. The normalized spacial score (nSPS) is 19.9. The van der Waals surface area contributed by atoms with Crippen molar-refractivity contribution >= 4 is 16.5 Å². The van der Waals surface area contributed by atoms with Crippen LogP contribution < -0.4 is 10.2 Å². The molecular formula is C10H15F3N4OS. The lowest BCUT2D eigenvalue weighted by Crippen LogP contribution is -2.39. The van der Waals surface area contributed by atoms with Crippen molar-refractivity contribution in [3.63, 3.8) is 0 Å². The highest BCUT2D eigenvalue weighted by Crippen LogP contribution is 2.34. The second-order valence-electron chi connectivity index (χ2n) is 4.35. The summed E-state index contributed by atoms with van der Waals surface area (Å²) in [5, 5.41) is 18.3. The molecule has 1 unspecified atom stereocenters. The van der Waals surface area contributed by atoms with Crippen LogP contribution in [0.25, 0.3) is 0 Å². The Balaban J connectivity index is 2.07. The van der Waals surface area contributed by atoms with E-state index in [0.717, 1.165) is 19.4 Å². The van der Waals surface area contributed by atoms with Gasteiger partial charge >= 0.3 is 6.18 Å². The van der Waals surface area contributed by atoms with E-state index in [2.05, 4.69) is 15.5 Å². The van der Waals surface area contributed by atoms with Gasteiger partial charge in [0.05, 0.1) is 6.61 Å². The van der Waals surface area contributed by atoms with Gasteiger partial charge in [-0.25, -0.2) is 0 Å². The van der Waals surface area contributed by atoms with Crippen LogP contribution in [0.15, 0.2) is 0 Å². The minimum absolute atomic E-state index is 0.131. The van der Waals surface area contributed by atoms with E-state index in [-0.39, 0.29) is 24.3 Å². The quantitative estimate of drug-likeness (QED) is 0.852. The predicted molar refractivity (Wildman–Crippen MR) is 65.2 cm³/mol. The highest BCUT2D eigenvalue weighted by molar-refractivity contribution is 7.15. The number of aromatic nitrogens is 2. The number of anilines is 1. The van der Waals surface area contributed by atoms with Crippen LogP contribution in [0.3, 0.4) is 0 Å². The van der Waals surface area contributed by atoms with Gasteiger partial charge in [-0.2, -0.15) is 13.2 Å². The smallest absolute Gasteiger partial charge is 0.395 e. The molecule has 2 rings (SSSR count). The third kappa shape index (κ3) is 3.77. The second-order valence-corrected chi connectivity index (χ2v) is 5.31. The van der Waals surface area contributed by atoms with Crippen molar-refractivity contribution in [2.45, 2.75) is 25.1 Å². The minimum atomic E-state index is -4.47. The van der Waals surface area contributed by atoms with Crippen LogP contribution in [0.5, 0.6) is 0 Å². The van der Waals surface area contributed by atoms with Crippen molar-refractivity contribution in [1.29, 1.82) is 0 Å². The van der Waals surface area contributed by atoms with Crippen molar-refractivity contribution in [3.05, 3.63) is 5.01 Å². The fraction of sp³-hybridized carbons (Fsp3) is 0.800. The third-order valence-corrected chi connectivity index (χ3v) is 3.93. The molecule has 19 heavy (non-hydrogen) atoms. The van der Waals surface area contributed by atoms with Gasteiger partial charge in [-0.15, -0.1) is 10.2 Å². The summed E-state index contributed by atoms with van der Waals surface area (Å²) in [4.78, 5) is 1.65. The molecule has 2 heterocycles. The topological polar surface area (TPSA) is 61.3 Å². The van der Waals surface area contributed by atoms with Crippen molar-refractivity contribution in [3.8, 4) is 0 Å². The van der Waals surface area contributed by atoms with Crippen LogP contribution in [-0.2, 0) is 6.18 Å². The standard InChI is InChI=1S/C10H15F3N4OS/c11-10(12,13)8-15-16-9(19-8)17(4-5-18)6-7-2-1-3-14-7/h7,14,18H,1-6H2. The molecule has 1 saturated heterocycles. The summed E-state index contributed by atoms with van der Waals surface area (Å²) >= 11 is 0.511. The molecule has 0 bridgehead atoms. The molecule has 0 aliphatic carbocycles. The molecule has 2 N–H and O–H groups in total. The Kier molecular flexibility index (Phi) is 4.58. The molecule has 108 valence electrons. The highest BCUT2D eigenvalue weighted by Gasteiger charge is 2.36. The molecule has 0 amide bonds. The zero-order valence-electron chi connectivity index (χ0n) is 10.2. The third-order valence-electron chi connectivity index (χ3n) is 2.90. The lowest BCUT2D eigenvalue weighted by Gasteiger charge is -2.23. The van der Waals surface area contributed by atoms with Gasteiger partial charge in [0.1, 0.15) is 0 Å². The van der Waals surface area contributed by atoms with Crippen LogP contribution in [0.2, 0.25) is 0 Å². The number of aliphatic hydroxyl groups excluding tert-OH is 1.